The summed E-state index contributed by atoms with van der Waals surface area (Å²) in [6.07, 6.45) is 12.2. The topological polar surface area (TPSA) is 63.9 Å². The number of rotatable bonds is 6. The first-order valence-corrected chi connectivity index (χ1v) is 9.82. The molecule has 2 heterocycles. The number of benzene rings is 1. The largest absolute Gasteiger partial charge is 0.493 e. The van der Waals surface area contributed by atoms with E-state index in [1.54, 1.807) is 7.11 Å². The number of aromatic nitrogens is 2. The summed E-state index contributed by atoms with van der Waals surface area (Å²) in [5.74, 6) is 5.28. The molecule has 8 heteroatoms. The summed E-state index contributed by atoms with van der Waals surface area (Å²) in [7, 11) is 3.44. The molecular formula is C22H30IN5O2. The lowest BCUT2D eigenvalue weighted by Gasteiger charge is -2.39. The fourth-order valence-electron chi connectivity index (χ4n) is 3.67. The van der Waals surface area contributed by atoms with Crippen molar-refractivity contribution < 1.29 is 9.47 Å². The van der Waals surface area contributed by atoms with Gasteiger partial charge in [0, 0.05) is 39.1 Å². The van der Waals surface area contributed by atoms with E-state index in [0.717, 1.165) is 31.0 Å². The Morgan fingerprint density at radius 2 is 2.23 bits per heavy atom. The van der Waals surface area contributed by atoms with E-state index in [2.05, 4.69) is 37.6 Å². The molecule has 0 saturated carbocycles. The van der Waals surface area contributed by atoms with Gasteiger partial charge in [-0.2, -0.15) is 0 Å². The molecule has 2 unspecified atom stereocenters. The van der Waals surface area contributed by atoms with Crippen LogP contribution in [0.4, 0.5) is 0 Å². The SMILES string of the molecule is C#CCOc1cc(CNC(=NC)N2CCC(C)C(n3ccnc3)C2)ccc1OC.I. The normalized spacial score (nSPS) is 18.9. The highest BCUT2D eigenvalue weighted by Crippen LogP contribution is 2.29. The number of methoxy groups -OCH3 is 1. The van der Waals surface area contributed by atoms with E-state index in [1.807, 2.05) is 44.0 Å². The van der Waals surface area contributed by atoms with E-state index < -0.39 is 0 Å². The number of imidazole rings is 1. The smallest absolute Gasteiger partial charge is 0.193 e. The zero-order chi connectivity index (χ0) is 20.6. The van der Waals surface area contributed by atoms with Gasteiger partial charge < -0.3 is 24.3 Å². The Morgan fingerprint density at radius 1 is 1.40 bits per heavy atom. The number of hydrogen-bond acceptors (Lipinski definition) is 4. The van der Waals surface area contributed by atoms with Crippen molar-refractivity contribution in [1.82, 2.24) is 19.8 Å². The Kier molecular flexibility index (Phi) is 9.30. The Hall–Kier alpha value is -2.41. The lowest BCUT2D eigenvalue weighted by molar-refractivity contribution is 0.189. The molecule has 1 aliphatic rings. The third-order valence-corrected chi connectivity index (χ3v) is 5.33. The van der Waals surface area contributed by atoms with Crippen molar-refractivity contribution in [2.75, 3.05) is 33.9 Å². The molecule has 7 nitrogen and oxygen atoms in total. The Morgan fingerprint density at radius 3 is 2.90 bits per heavy atom. The highest BCUT2D eigenvalue weighted by molar-refractivity contribution is 14.0. The monoisotopic (exact) mass is 523 g/mol. The number of guanidine groups is 1. The second-order valence-electron chi connectivity index (χ2n) is 7.17. The highest BCUT2D eigenvalue weighted by Gasteiger charge is 2.28. The zero-order valence-electron chi connectivity index (χ0n) is 17.7. The molecule has 1 fully saturated rings. The van der Waals surface area contributed by atoms with Crippen LogP contribution in [-0.4, -0.2) is 54.3 Å². The molecule has 1 aliphatic heterocycles. The van der Waals surface area contributed by atoms with Gasteiger partial charge in [0.25, 0.3) is 0 Å². The first kappa shape index (κ1) is 23.9. The van der Waals surface area contributed by atoms with Crippen LogP contribution in [0.5, 0.6) is 11.5 Å². The number of hydrogen-bond donors (Lipinski definition) is 1. The van der Waals surface area contributed by atoms with Gasteiger partial charge in [0.1, 0.15) is 6.61 Å². The van der Waals surface area contributed by atoms with Gasteiger partial charge in [0.15, 0.2) is 17.5 Å². The van der Waals surface area contributed by atoms with Crippen molar-refractivity contribution >= 4 is 29.9 Å². The minimum absolute atomic E-state index is 0. The zero-order valence-corrected chi connectivity index (χ0v) is 20.1. The van der Waals surface area contributed by atoms with Gasteiger partial charge in [-0.1, -0.05) is 18.9 Å². The maximum absolute atomic E-state index is 5.60. The van der Waals surface area contributed by atoms with Gasteiger partial charge in [-0.05, 0) is 30.0 Å². The third-order valence-electron chi connectivity index (χ3n) is 5.33. The number of aliphatic imine (C=N–C) groups is 1. The summed E-state index contributed by atoms with van der Waals surface area (Å²) in [4.78, 5) is 11.0. The average molecular weight is 523 g/mol. The van der Waals surface area contributed by atoms with E-state index in [-0.39, 0.29) is 30.6 Å². The van der Waals surface area contributed by atoms with Crippen molar-refractivity contribution in [3.8, 4) is 23.8 Å². The molecular weight excluding hydrogens is 493 g/mol. The second kappa shape index (κ2) is 11.7. The molecule has 1 N–H and O–H groups in total. The first-order chi connectivity index (χ1) is 14.2. The molecule has 2 atom stereocenters. The van der Waals surface area contributed by atoms with Gasteiger partial charge in [0.05, 0.1) is 19.5 Å². The van der Waals surface area contributed by atoms with Crippen LogP contribution in [0, 0.1) is 18.3 Å². The first-order valence-electron chi connectivity index (χ1n) is 9.82. The lowest BCUT2D eigenvalue weighted by atomic mass is 9.93. The van der Waals surface area contributed by atoms with Crippen molar-refractivity contribution in [2.24, 2.45) is 10.9 Å². The molecule has 0 amide bonds. The van der Waals surface area contributed by atoms with Crippen LogP contribution in [0.2, 0.25) is 0 Å². The van der Waals surface area contributed by atoms with Crippen LogP contribution in [0.1, 0.15) is 24.9 Å². The standard InChI is InChI=1S/C22H29N5O2.HI/c1-5-12-29-21-13-18(6-7-20(21)28-4)14-25-22(23-3)26-10-8-17(2)19(15-26)27-11-9-24-16-27;/h1,6-7,9,11,13,16-17,19H,8,10,12,14-15H2,2-4H3,(H,23,25);1H. The molecule has 0 bridgehead atoms. The fourth-order valence-corrected chi connectivity index (χ4v) is 3.67. The van der Waals surface area contributed by atoms with Crippen LogP contribution < -0.4 is 14.8 Å². The van der Waals surface area contributed by atoms with Gasteiger partial charge in [0.2, 0.25) is 0 Å². The van der Waals surface area contributed by atoms with E-state index in [0.29, 0.717) is 30.0 Å². The minimum atomic E-state index is 0. The van der Waals surface area contributed by atoms with Crippen LogP contribution in [0.25, 0.3) is 0 Å². The molecule has 30 heavy (non-hydrogen) atoms. The fraction of sp³-hybridized carbons (Fsp3) is 0.455. The van der Waals surface area contributed by atoms with Crippen LogP contribution in [-0.2, 0) is 6.54 Å². The summed E-state index contributed by atoms with van der Waals surface area (Å²) in [5, 5.41) is 3.47. The van der Waals surface area contributed by atoms with E-state index in [9.17, 15) is 0 Å². The number of halogens is 1. The summed E-state index contributed by atoms with van der Waals surface area (Å²) in [6, 6.07) is 6.23. The summed E-state index contributed by atoms with van der Waals surface area (Å²) in [5.41, 5.74) is 1.07. The Bertz CT molecular complexity index is 863. The molecule has 1 aromatic carbocycles. The van der Waals surface area contributed by atoms with Crippen LogP contribution >= 0.6 is 24.0 Å². The van der Waals surface area contributed by atoms with Crippen LogP contribution in [0.3, 0.4) is 0 Å². The number of terminal acetylenes is 1. The second-order valence-corrected chi connectivity index (χ2v) is 7.17. The molecule has 1 aromatic heterocycles. The number of nitrogens with zero attached hydrogens (tertiary/aromatic N) is 4. The van der Waals surface area contributed by atoms with Crippen molar-refractivity contribution in [2.45, 2.75) is 25.9 Å². The molecule has 0 radical (unpaired) electrons. The predicted molar refractivity (Wildman–Crippen MR) is 130 cm³/mol. The van der Waals surface area contributed by atoms with Gasteiger partial charge in [-0.15, -0.1) is 30.4 Å². The number of nitrogens with one attached hydrogen (secondary N) is 1. The number of piperidine rings is 1. The maximum Gasteiger partial charge on any atom is 0.193 e. The minimum Gasteiger partial charge on any atom is -0.493 e. The summed E-state index contributed by atoms with van der Waals surface area (Å²) >= 11 is 0. The van der Waals surface area contributed by atoms with E-state index >= 15 is 0 Å². The quantitative estimate of drug-likeness (QED) is 0.273. The van der Waals surface area contributed by atoms with Crippen LogP contribution in [0.15, 0.2) is 41.9 Å². The molecule has 0 aliphatic carbocycles. The Labute approximate surface area is 195 Å². The van der Waals surface area contributed by atoms with Gasteiger partial charge in [-0.3, -0.25) is 4.99 Å². The van der Waals surface area contributed by atoms with Gasteiger partial charge >= 0.3 is 0 Å². The number of ether oxygens (including phenoxy) is 2. The van der Waals surface area contributed by atoms with E-state index in [1.165, 1.54) is 0 Å². The predicted octanol–water partition coefficient (Wildman–Crippen LogP) is 3.18. The molecule has 2 aromatic rings. The Balaban J connectivity index is 0.00000320. The highest BCUT2D eigenvalue weighted by atomic mass is 127. The molecule has 0 spiro atoms. The third kappa shape index (κ3) is 5.81. The molecule has 1 saturated heterocycles. The number of likely N-dealkylation sites (tertiary alicyclic amines) is 1. The maximum atomic E-state index is 5.60. The lowest BCUT2D eigenvalue weighted by Crippen LogP contribution is -2.48. The molecule has 3 rings (SSSR count). The molecule has 162 valence electrons. The van der Waals surface area contributed by atoms with Gasteiger partial charge in [-0.25, -0.2) is 4.98 Å². The summed E-state index contributed by atoms with van der Waals surface area (Å²) < 4.78 is 13.1. The van der Waals surface area contributed by atoms with Crippen molar-refractivity contribution in [3.63, 3.8) is 0 Å². The van der Waals surface area contributed by atoms with Crippen molar-refractivity contribution in [3.05, 3.63) is 42.5 Å². The van der Waals surface area contributed by atoms with Crippen molar-refractivity contribution in [1.29, 1.82) is 0 Å². The van der Waals surface area contributed by atoms with E-state index in [4.69, 9.17) is 15.9 Å². The average Bonchev–Trinajstić information content (AvgIpc) is 3.28. The summed E-state index contributed by atoms with van der Waals surface area (Å²) in [6.45, 7) is 5.01.